The number of carbonyl (C=O) groups is 2. The van der Waals surface area contributed by atoms with Crippen molar-refractivity contribution in [1.29, 1.82) is 5.53 Å². The normalized spacial score (nSPS) is 11.7. The average Bonchev–Trinajstić information content (AvgIpc) is 2.76. The van der Waals surface area contributed by atoms with Crippen molar-refractivity contribution in [2.24, 2.45) is 10.8 Å². The van der Waals surface area contributed by atoms with Crippen molar-refractivity contribution in [3.63, 3.8) is 0 Å². The molecule has 11 heteroatoms. The first-order valence-corrected chi connectivity index (χ1v) is 9.57. The SMILES string of the molecule is N=NC(=C[NH2+]c1ccc(C(=O)NCC(F)(F)F)cc1OCCCc1ccccc1)C(N)=O. The summed E-state index contributed by atoms with van der Waals surface area (Å²) in [4.78, 5) is 23.3. The maximum absolute atomic E-state index is 12.4. The first kappa shape index (κ1) is 24.5. The van der Waals surface area contributed by atoms with Gasteiger partial charge in [0, 0.05) is 11.6 Å². The van der Waals surface area contributed by atoms with Gasteiger partial charge in [0.05, 0.1) is 6.61 Å². The van der Waals surface area contributed by atoms with Crippen LogP contribution in [-0.4, -0.2) is 31.1 Å². The summed E-state index contributed by atoms with van der Waals surface area (Å²) < 4.78 is 42.9. The number of primary amides is 1. The number of halogens is 3. The van der Waals surface area contributed by atoms with E-state index in [9.17, 15) is 22.8 Å². The number of rotatable bonds is 11. The molecule has 0 unspecified atom stereocenters. The molecule has 2 rings (SSSR count). The number of amides is 2. The number of quaternary nitrogens is 1. The lowest BCUT2D eigenvalue weighted by Crippen LogP contribution is -2.71. The number of nitrogens with zero attached hydrogens (tertiary/aromatic N) is 1. The molecule has 0 atom stereocenters. The Morgan fingerprint density at radius 1 is 1.19 bits per heavy atom. The van der Waals surface area contributed by atoms with Gasteiger partial charge in [-0.2, -0.15) is 13.2 Å². The summed E-state index contributed by atoms with van der Waals surface area (Å²) in [5.74, 6) is -1.58. The number of nitrogens with one attached hydrogen (secondary N) is 2. The van der Waals surface area contributed by atoms with Crippen molar-refractivity contribution in [2.45, 2.75) is 19.0 Å². The molecule has 0 aliphatic carbocycles. The van der Waals surface area contributed by atoms with Crippen LogP contribution >= 0.6 is 0 Å². The van der Waals surface area contributed by atoms with Gasteiger partial charge in [-0.3, -0.25) is 14.9 Å². The molecular weight excluding hydrogens is 427 g/mol. The minimum Gasteiger partial charge on any atom is -0.487 e. The molecule has 170 valence electrons. The fourth-order valence-electron chi connectivity index (χ4n) is 2.67. The third kappa shape index (κ3) is 8.19. The van der Waals surface area contributed by atoms with Crippen molar-refractivity contribution in [1.82, 2.24) is 5.32 Å². The molecule has 2 aromatic carbocycles. The van der Waals surface area contributed by atoms with E-state index in [2.05, 4.69) is 5.11 Å². The lowest BCUT2D eigenvalue weighted by molar-refractivity contribution is -0.497. The van der Waals surface area contributed by atoms with Crippen molar-refractivity contribution >= 4 is 17.5 Å². The smallest absolute Gasteiger partial charge is 0.405 e. The number of hydrogen-bond acceptors (Lipinski definition) is 5. The van der Waals surface area contributed by atoms with Gasteiger partial charge in [-0.05, 0) is 30.5 Å². The van der Waals surface area contributed by atoms with Crippen LogP contribution in [0.1, 0.15) is 22.3 Å². The molecule has 0 saturated heterocycles. The Labute approximate surface area is 182 Å². The zero-order chi connectivity index (χ0) is 23.6. The summed E-state index contributed by atoms with van der Waals surface area (Å²) in [5.41, 5.74) is 13.3. The number of alkyl halides is 3. The van der Waals surface area contributed by atoms with Crippen LogP contribution in [0.5, 0.6) is 5.75 Å². The summed E-state index contributed by atoms with van der Waals surface area (Å²) in [6, 6.07) is 13.8. The van der Waals surface area contributed by atoms with E-state index in [-0.39, 0.29) is 23.6 Å². The fraction of sp³-hybridized carbons (Fsp3) is 0.238. The van der Waals surface area contributed by atoms with Gasteiger partial charge in [0.15, 0.2) is 11.4 Å². The van der Waals surface area contributed by atoms with E-state index >= 15 is 0 Å². The summed E-state index contributed by atoms with van der Waals surface area (Å²) >= 11 is 0. The van der Waals surface area contributed by atoms with E-state index in [1.165, 1.54) is 29.7 Å². The second-order valence-corrected chi connectivity index (χ2v) is 6.68. The molecule has 0 saturated carbocycles. The first-order chi connectivity index (χ1) is 15.2. The standard InChI is InChI=1S/C21H22F3N5O3/c22-21(23,24)13-28-20(31)15-8-9-16(27-12-17(29-26)19(25)30)18(11-15)32-10-4-7-14-5-2-1-3-6-14/h1-3,5-6,8-9,11-12,26-27H,4,7,10,13H2,(H2,25,30)(H,28,31)/p+1. The van der Waals surface area contributed by atoms with Gasteiger partial charge in [-0.15, -0.1) is 5.11 Å². The molecule has 0 radical (unpaired) electrons. The number of carbonyl (C=O) groups excluding carboxylic acids is 2. The highest BCUT2D eigenvalue weighted by molar-refractivity contribution is 5.95. The Bertz CT molecular complexity index is 978. The molecule has 6 N–H and O–H groups in total. The summed E-state index contributed by atoms with van der Waals surface area (Å²) in [5, 5.41) is 6.25. The van der Waals surface area contributed by atoms with E-state index in [0.29, 0.717) is 12.1 Å². The molecule has 0 spiro atoms. The Morgan fingerprint density at radius 2 is 1.91 bits per heavy atom. The Hall–Kier alpha value is -3.73. The van der Waals surface area contributed by atoms with Crippen LogP contribution in [0.3, 0.4) is 0 Å². The molecule has 0 aromatic heterocycles. The molecule has 0 heterocycles. The van der Waals surface area contributed by atoms with Crippen LogP contribution in [0, 0.1) is 5.53 Å². The van der Waals surface area contributed by atoms with Gasteiger partial charge in [0.1, 0.15) is 12.7 Å². The largest absolute Gasteiger partial charge is 0.487 e. The number of aryl methyl sites for hydroxylation is 1. The van der Waals surface area contributed by atoms with Crippen molar-refractivity contribution in [3.8, 4) is 5.75 Å². The highest BCUT2D eigenvalue weighted by atomic mass is 19.4. The third-order valence-electron chi connectivity index (χ3n) is 4.23. The number of hydrogen-bond donors (Lipinski definition) is 4. The highest BCUT2D eigenvalue weighted by Crippen LogP contribution is 2.23. The Morgan fingerprint density at radius 3 is 2.53 bits per heavy atom. The number of ether oxygens (including phenoxy) is 1. The van der Waals surface area contributed by atoms with E-state index < -0.39 is 24.5 Å². The van der Waals surface area contributed by atoms with Gasteiger partial charge in [0.25, 0.3) is 11.8 Å². The number of benzene rings is 2. The molecule has 0 bridgehead atoms. The average molecular weight is 450 g/mol. The molecule has 2 amide bonds. The maximum Gasteiger partial charge on any atom is 0.405 e. The van der Waals surface area contributed by atoms with Crippen molar-refractivity contribution < 1.29 is 32.8 Å². The predicted octanol–water partition coefficient (Wildman–Crippen LogP) is 2.54. The summed E-state index contributed by atoms with van der Waals surface area (Å²) in [6.45, 7) is -1.18. The monoisotopic (exact) mass is 450 g/mol. The van der Waals surface area contributed by atoms with Crippen LogP contribution in [0.2, 0.25) is 0 Å². The quantitative estimate of drug-likeness (QED) is 0.181. The molecule has 8 nitrogen and oxygen atoms in total. The third-order valence-corrected chi connectivity index (χ3v) is 4.23. The molecule has 0 aliphatic rings. The Balaban J connectivity index is 2.15. The highest BCUT2D eigenvalue weighted by Gasteiger charge is 2.28. The first-order valence-electron chi connectivity index (χ1n) is 9.57. The second kappa shape index (κ2) is 11.6. The maximum atomic E-state index is 12.4. The van der Waals surface area contributed by atoms with Crippen LogP contribution in [0.4, 0.5) is 18.9 Å². The summed E-state index contributed by atoms with van der Waals surface area (Å²) in [7, 11) is 0. The van der Waals surface area contributed by atoms with Gasteiger partial charge in [-0.25, -0.2) is 5.53 Å². The van der Waals surface area contributed by atoms with Crippen molar-refractivity contribution in [3.05, 3.63) is 71.6 Å². The van der Waals surface area contributed by atoms with Crippen LogP contribution in [0.15, 0.2) is 65.5 Å². The number of nitrogens with two attached hydrogens (primary N) is 2. The van der Waals surface area contributed by atoms with E-state index in [0.717, 1.165) is 12.0 Å². The van der Waals surface area contributed by atoms with Gasteiger partial charge in [-0.1, -0.05) is 30.3 Å². The van der Waals surface area contributed by atoms with Gasteiger partial charge < -0.3 is 15.8 Å². The van der Waals surface area contributed by atoms with Gasteiger partial charge >= 0.3 is 6.18 Å². The van der Waals surface area contributed by atoms with E-state index in [4.69, 9.17) is 16.0 Å². The van der Waals surface area contributed by atoms with Crippen LogP contribution in [0.25, 0.3) is 0 Å². The van der Waals surface area contributed by atoms with Gasteiger partial charge in [0.2, 0.25) is 5.70 Å². The molecular formula is C21H23F3N5O3+. The molecule has 0 fully saturated rings. The molecule has 0 aliphatic heterocycles. The Kier molecular flexibility index (Phi) is 8.90. The molecule has 2 aromatic rings. The zero-order valence-corrected chi connectivity index (χ0v) is 17.0. The fourth-order valence-corrected chi connectivity index (χ4v) is 2.67. The van der Waals surface area contributed by atoms with E-state index in [1.807, 2.05) is 30.3 Å². The van der Waals surface area contributed by atoms with Crippen LogP contribution < -0.4 is 21.1 Å². The van der Waals surface area contributed by atoms with Crippen LogP contribution in [-0.2, 0) is 11.2 Å². The van der Waals surface area contributed by atoms with E-state index in [1.54, 1.807) is 5.32 Å². The second-order valence-electron chi connectivity index (χ2n) is 6.68. The minimum atomic E-state index is -4.53. The lowest BCUT2D eigenvalue weighted by atomic mass is 10.1. The summed E-state index contributed by atoms with van der Waals surface area (Å²) in [6.07, 6.45) is -1.92. The topological polar surface area (TPSA) is 134 Å². The minimum absolute atomic E-state index is 0.0197. The predicted molar refractivity (Wildman–Crippen MR) is 109 cm³/mol. The molecule has 32 heavy (non-hydrogen) atoms. The lowest BCUT2D eigenvalue weighted by Gasteiger charge is -2.12. The van der Waals surface area contributed by atoms with Crippen molar-refractivity contribution in [2.75, 3.05) is 13.2 Å². The zero-order valence-electron chi connectivity index (χ0n) is 17.0.